The number of aryl methyl sites for hydroxylation is 1. The van der Waals surface area contributed by atoms with Gasteiger partial charge in [0, 0.05) is 6.42 Å². The summed E-state index contributed by atoms with van der Waals surface area (Å²) in [7, 11) is 0. The van der Waals surface area contributed by atoms with E-state index in [4.69, 9.17) is 4.84 Å². The third kappa shape index (κ3) is 3.14. The molecular weight excluding hydrogens is 248 g/mol. The fraction of sp³-hybridized carbons (Fsp3) is 0.333. The Morgan fingerprint density at radius 3 is 3.00 bits per heavy atom. The number of benzene rings is 1. The molecule has 2 rings (SSSR count). The van der Waals surface area contributed by atoms with E-state index >= 15 is 0 Å². The van der Waals surface area contributed by atoms with Crippen LogP contribution < -0.4 is 11.0 Å². The van der Waals surface area contributed by atoms with Crippen molar-refractivity contribution in [3.63, 3.8) is 0 Å². The molecule has 0 aliphatic rings. The molecule has 0 radical (unpaired) electrons. The first-order valence-corrected chi connectivity index (χ1v) is 5.95. The highest BCUT2D eigenvalue weighted by Crippen LogP contribution is 2.03. The Kier molecular flexibility index (Phi) is 4.19. The van der Waals surface area contributed by atoms with Crippen molar-refractivity contribution in [3.8, 4) is 0 Å². The van der Waals surface area contributed by atoms with Crippen LogP contribution in [-0.4, -0.2) is 27.5 Å². The lowest BCUT2D eigenvalue weighted by Crippen LogP contribution is -2.29. The highest BCUT2D eigenvalue weighted by atomic mass is 16.6. The van der Waals surface area contributed by atoms with Crippen LogP contribution in [0.4, 0.5) is 0 Å². The van der Waals surface area contributed by atoms with Crippen molar-refractivity contribution in [1.29, 1.82) is 0 Å². The van der Waals surface area contributed by atoms with E-state index in [9.17, 15) is 9.59 Å². The Bertz CT molecular complexity index is 638. The maximum Gasteiger partial charge on any atom is 0.277 e. The van der Waals surface area contributed by atoms with Crippen LogP contribution in [0, 0.1) is 0 Å². The summed E-state index contributed by atoms with van der Waals surface area (Å²) in [6, 6.07) is 6.95. The molecule has 1 aromatic heterocycles. The molecule has 0 spiro atoms. The number of rotatable bonds is 5. The van der Waals surface area contributed by atoms with Gasteiger partial charge in [-0.25, -0.2) is 10.2 Å². The van der Waals surface area contributed by atoms with Crippen LogP contribution in [0.1, 0.15) is 13.3 Å². The summed E-state index contributed by atoms with van der Waals surface area (Å²) < 4.78 is 1.17. The largest absolute Gasteiger partial charge is 0.277 e. The predicted molar refractivity (Wildman–Crippen MR) is 68.2 cm³/mol. The maximum atomic E-state index is 12.1. The molecule has 0 aliphatic heterocycles. The van der Waals surface area contributed by atoms with E-state index in [-0.39, 0.29) is 24.4 Å². The SMILES string of the molecule is CCONC(=O)CCn1nnc2ccccc2c1=O. The van der Waals surface area contributed by atoms with E-state index in [1.807, 2.05) is 0 Å². The molecule has 19 heavy (non-hydrogen) atoms. The molecule has 0 saturated heterocycles. The molecular formula is C12H14N4O3. The zero-order valence-electron chi connectivity index (χ0n) is 10.5. The molecule has 0 saturated carbocycles. The number of carbonyl (C=O) groups excluding carboxylic acids is 1. The Labute approximate surface area is 109 Å². The number of hydrogen-bond donors (Lipinski definition) is 1. The van der Waals surface area contributed by atoms with Crippen molar-refractivity contribution in [1.82, 2.24) is 20.5 Å². The Morgan fingerprint density at radius 1 is 1.42 bits per heavy atom. The Balaban J connectivity index is 2.11. The number of carbonyl (C=O) groups is 1. The average Bonchev–Trinajstić information content (AvgIpc) is 2.44. The van der Waals surface area contributed by atoms with E-state index in [2.05, 4.69) is 15.8 Å². The molecule has 0 aliphatic carbocycles. The van der Waals surface area contributed by atoms with Crippen molar-refractivity contribution in [2.24, 2.45) is 0 Å². The van der Waals surface area contributed by atoms with Gasteiger partial charge in [0.05, 0.1) is 18.5 Å². The van der Waals surface area contributed by atoms with E-state index in [1.165, 1.54) is 4.68 Å². The van der Waals surface area contributed by atoms with Crippen molar-refractivity contribution >= 4 is 16.8 Å². The summed E-state index contributed by atoms with van der Waals surface area (Å²) >= 11 is 0. The van der Waals surface area contributed by atoms with E-state index in [0.717, 1.165) is 0 Å². The monoisotopic (exact) mass is 262 g/mol. The van der Waals surface area contributed by atoms with E-state index in [1.54, 1.807) is 31.2 Å². The summed E-state index contributed by atoms with van der Waals surface area (Å²) in [6.07, 6.45) is 0.104. The topological polar surface area (TPSA) is 86.1 Å². The number of fused-ring (bicyclic) bond motifs is 1. The van der Waals surface area contributed by atoms with Crippen LogP contribution >= 0.6 is 0 Å². The number of amides is 1. The number of hydroxylamine groups is 1. The zero-order valence-corrected chi connectivity index (χ0v) is 10.5. The molecule has 7 nitrogen and oxygen atoms in total. The molecule has 2 aromatic rings. The first-order valence-electron chi connectivity index (χ1n) is 5.95. The fourth-order valence-electron chi connectivity index (χ4n) is 1.58. The van der Waals surface area contributed by atoms with Gasteiger partial charge in [0.25, 0.3) is 5.56 Å². The minimum Gasteiger partial charge on any atom is -0.274 e. The zero-order chi connectivity index (χ0) is 13.7. The third-order valence-corrected chi connectivity index (χ3v) is 2.51. The van der Waals surface area contributed by atoms with Crippen LogP contribution in [0.2, 0.25) is 0 Å². The minimum absolute atomic E-state index is 0.104. The van der Waals surface area contributed by atoms with Gasteiger partial charge >= 0.3 is 0 Å². The molecule has 7 heteroatoms. The second-order valence-electron chi connectivity index (χ2n) is 3.84. The van der Waals surface area contributed by atoms with Gasteiger partial charge in [0.1, 0.15) is 5.52 Å². The number of aromatic nitrogens is 3. The van der Waals surface area contributed by atoms with Crippen molar-refractivity contribution in [2.45, 2.75) is 19.9 Å². The molecule has 100 valence electrons. The lowest BCUT2D eigenvalue weighted by atomic mass is 10.2. The van der Waals surface area contributed by atoms with Gasteiger partial charge in [-0.15, -0.1) is 5.10 Å². The summed E-state index contributed by atoms with van der Waals surface area (Å²) in [5, 5.41) is 8.21. The molecule has 0 bridgehead atoms. The predicted octanol–water partition coefficient (Wildman–Crippen LogP) is 0.249. The van der Waals surface area contributed by atoms with Crippen LogP contribution in [0.5, 0.6) is 0 Å². The van der Waals surface area contributed by atoms with Gasteiger partial charge in [0.15, 0.2) is 0 Å². The lowest BCUT2D eigenvalue weighted by molar-refractivity contribution is -0.133. The summed E-state index contributed by atoms with van der Waals surface area (Å²) in [5.41, 5.74) is 2.55. The molecule has 1 aromatic carbocycles. The Hall–Kier alpha value is -2.28. The van der Waals surface area contributed by atoms with Gasteiger partial charge in [-0.2, -0.15) is 0 Å². The van der Waals surface area contributed by atoms with Gasteiger partial charge in [-0.3, -0.25) is 14.4 Å². The molecule has 1 N–H and O–H groups in total. The van der Waals surface area contributed by atoms with Crippen LogP contribution in [-0.2, 0) is 16.2 Å². The normalized spacial score (nSPS) is 10.6. The summed E-state index contributed by atoms with van der Waals surface area (Å²) in [4.78, 5) is 28.2. The minimum atomic E-state index is -0.302. The number of nitrogens with zero attached hydrogens (tertiary/aromatic N) is 3. The fourth-order valence-corrected chi connectivity index (χ4v) is 1.58. The van der Waals surface area contributed by atoms with Crippen LogP contribution in [0.3, 0.4) is 0 Å². The third-order valence-electron chi connectivity index (χ3n) is 2.51. The second kappa shape index (κ2) is 6.05. The molecule has 0 atom stereocenters. The van der Waals surface area contributed by atoms with Gasteiger partial charge < -0.3 is 0 Å². The van der Waals surface area contributed by atoms with Gasteiger partial charge in [-0.1, -0.05) is 17.3 Å². The average molecular weight is 262 g/mol. The van der Waals surface area contributed by atoms with Gasteiger partial charge in [0.2, 0.25) is 5.91 Å². The summed E-state index contributed by atoms with van der Waals surface area (Å²) in [5.74, 6) is -0.302. The summed E-state index contributed by atoms with van der Waals surface area (Å²) in [6.45, 7) is 2.32. The first-order chi connectivity index (χ1) is 9.22. The maximum absolute atomic E-state index is 12.1. The molecule has 1 amide bonds. The second-order valence-corrected chi connectivity index (χ2v) is 3.84. The molecule has 0 fully saturated rings. The van der Waals surface area contributed by atoms with Crippen molar-refractivity contribution in [2.75, 3.05) is 6.61 Å². The highest BCUT2D eigenvalue weighted by molar-refractivity contribution is 5.76. The lowest BCUT2D eigenvalue weighted by Gasteiger charge is -2.05. The van der Waals surface area contributed by atoms with E-state index < -0.39 is 0 Å². The number of nitrogens with one attached hydrogen (secondary N) is 1. The van der Waals surface area contributed by atoms with E-state index in [0.29, 0.717) is 17.5 Å². The first kappa shape index (κ1) is 13.2. The standard InChI is InChI=1S/C12H14N4O3/c1-2-19-14-11(17)7-8-16-12(18)9-5-3-4-6-10(9)13-15-16/h3-6H,2,7-8H2,1H3,(H,14,17). The number of hydrogen-bond acceptors (Lipinski definition) is 5. The quantitative estimate of drug-likeness (QED) is 0.780. The molecule has 0 unspecified atom stereocenters. The van der Waals surface area contributed by atoms with Crippen LogP contribution in [0.15, 0.2) is 29.1 Å². The van der Waals surface area contributed by atoms with Crippen molar-refractivity contribution in [3.05, 3.63) is 34.6 Å². The van der Waals surface area contributed by atoms with Gasteiger partial charge in [-0.05, 0) is 19.1 Å². The van der Waals surface area contributed by atoms with Crippen molar-refractivity contribution < 1.29 is 9.63 Å². The highest BCUT2D eigenvalue weighted by Gasteiger charge is 2.07. The smallest absolute Gasteiger partial charge is 0.274 e. The Morgan fingerprint density at radius 2 is 2.21 bits per heavy atom. The molecule has 1 heterocycles. The van der Waals surface area contributed by atoms with Crippen LogP contribution in [0.25, 0.3) is 10.9 Å².